The molecule has 41 heavy (non-hydrogen) atoms. The van der Waals surface area contributed by atoms with Gasteiger partial charge in [0.1, 0.15) is 40.6 Å². The van der Waals surface area contributed by atoms with Crippen molar-refractivity contribution in [3.05, 3.63) is 74.9 Å². The monoisotopic (exact) mass is 562 g/mol. The second kappa shape index (κ2) is 9.27. The number of hydrogen-bond donors (Lipinski definition) is 8. The Morgan fingerprint density at radius 3 is 1.90 bits per heavy atom. The van der Waals surface area contributed by atoms with Gasteiger partial charge in [0.05, 0.1) is 11.5 Å². The molecule has 4 aromatic carbocycles. The zero-order chi connectivity index (χ0) is 29.3. The Balaban J connectivity index is 1.56. The van der Waals surface area contributed by atoms with E-state index in [4.69, 9.17) is 9.47 Å². The van der Waals surface area contributed by atoms with Crippen LogP contribution in [0.15, 0.2) is 47.3 Å². The molecule has 0 radical (unpaired) electrons. The largest absolute Gasteiger partial charge is 0.508 e. The van der Waals surface area contributed by atoms with Gasteiger partial charge >= 0.3 is 0 Å². The van der Waals surface area contributed by atoms with Gasteiger partial charge in [0.2, 0.25) is 5.43 Å². The van der Waals surface area contributed by atoms with Crippen molar-refractivity contribution in [2.45, 2.75) is 38.1 Å². The molecule has 8 N–H and O–H groups in total. The van der Waals surface area contributed by atoms with Gasteiger partial charge < -0.3 is 50.3 Å². The van der Waals surface area contributed by atoms with Crippen molar-refractivity contribution < 1.29 is 50.3 Å². The number of rotatable bonds is 2. The second-order valence-corrected chi connectivity index (χ2v) is 10.5. The number of aliphatic hydroxyl groups is 1. The molecule has 0 saturated heterocycles. The van der Waals surface area contributed by atoms with E-state index in [2.05, 4.69) is 0 Å². The van der Waals surface area contributed by atoms with Gasteiger partial charge in [-0.3, -0.25) is 4.79 Å². The van der Waals surface area contributed by atoms with Crippen LogP contribution in [0.4, 0.5) is 0 Å². The van der Waals surface area contributed by atoms with Crippen LogP contribution >= 0.6 is 0 Å². The number of ether oxygens (including phenoxy) is 2. The fourth-order valence-corrected chi connectivity index (χ4v) is 5.77. The predicted molar refractivity (Wildman–Crippen MR) is 144 cm³/mol. The number of fused-ring (bicyclic) bond motifs is 3. The summed E-state index contributed by atoms with van der Waals surface area (Å²) in [5.74, 6) is -3.15. The quantitative estimate of drug-likeness (QED) is 0.166. The van der Waals surface area contributed by atoms with Crippen LogP contribution in [0, 0.1) is 5.92 Å². The Morgan fingerprint density at radius 1 is 0.683 bits per heavy atom. The lowest BCUT2D eigenvalue weighted by molar-refractivity contribution is 0.0205. The molecule has 0 spiro atoms. The Bertz CT molecular complexity index is 1800. The average molecular weight is 563 g/mol. The summed E-state index contributed by atoms with van der Waals surface area (Å²) in [6.45, 7) is 1.83. The maximum atomic E-state index is 13.3. The highest BCUT2D eigenvalue weighted by Crippen LogP contribution is 2.48. The number of aromatic hydroxyl groups is 7. The summed E-state index contributed by atoms with van der Waals surface area (Å²) in [7, 11) is 0. The number of aliphatic hydroxyl groups excluding tert-OH is 1. The van der Waals surface area contributed by atoms with Crippen molar-refractivity contribution in [2.24, 2.45) is 5.92 Å². The predicted octanol–water partition coefficient (Wildman–Crippen LogP) is 3.49. The van der Waals surface area contributed by atoms with E-state index < -0.39 is 46.4 Å². The zero-order valence-electron chi connectivity index (χ0n) is 21.6. The van der Waals surface area contributed by atoms with Gasteiger partial charge in [0.15, 0.2) is 23.4 Å². The van der Waals surface area contributed by atoms with Gasteiger partial charge in [-0.1, -0.05) is 6.92 Å². The maximum Gasteiger partial charge on any atom is 0.231 e. The van der Waals surface area contributed by atoms with Crippen molar-refractivity contribution >= 4 is 10.8 Å². The van der Waals surface area contributed by atoms with Crippen LogP contribution in [-0.2, 0) is 12.8 Å². The van der Waals surface area contributed by atoms with E-state index in [0.29, 0.717) is 17.5 Å². The molecule has 11 heteroatoms. The van der Waals surface area contributed by atoms with E-state index in [9.17, 15) is 45.6 Å². The molecule has 0 aliphatic carbocycles. The van der Waals surface area contributed by atoms with Crippen molar-refractivity contribution in [2.75, 3.05) is 0 Å². The molecule has 11 nitrogen and oxygen atoms in total. The normalized spacial score (nSPS) is 21.4. The molecule has 0 amide bonds. The van der Waals surface area contributed by atoms with E-state index in [1.54, 1.807) is 0 Å². The first kappa shape index (κ1) is 26.2. The van der Waals surface area contributed by atoms with Crippen LogP contribution in [0.3, 0.4) is 0 Å². The third kappa shape index (κ3) is 4.21. The Labute approximate surface area is 232 Å². The molecule has 4 atom stereocenters. The summed E-state index contributed by atoms with van der Waals surface area (Å²) in [5.41, 5.74) is 0.118. The summed E-state index contributed by atoms with van der Waals surface area (Å²) in [6, 6.07) is 8.71. The molecular formula is C30H26O11. The lowest BCUT2D eigenvalue weighted by Gasteiger charge is -2.33. The Kier molecular flexibility index (Phi) is 5.93. The lowest BCUT2D eigenvalue weighted by atomic mass is 9.87. The van der Waals surface area contributed by atoms with Gasteiger partial charge in [-0.25, -0.2) is 0 Å². The molecule has 0 saturated carbocycles. The molecule has 6 rings (SSSR count). The van der Waals surface area contributed by atoms with Crippen molar-refractivity contribution in [1.29, 1.82) is 0 Å². The first-order valence-electron chi connectivity index (χ1n) is 12.8. The molecule has 0 fully saturated rings. The van der Waals surface area contributed by atoms with Gasteiger partial charge in [-0.05, 0) is 35.6 Å². The van der Waals surface area contributed by atoms with Crippen molar-refractivity contribution in [3.63, 3.8) is 0 Å². The fourth-order valence-electron chi connectivity index (χ4n) is 5.77. The average Bonchev–Trinajstić information content (AvgIpc) is 3.03. The summed E-state index contributed by atoms with van der Waals surface area (Å²) in [4.78, 5) is 13.3. The summed E-state index contributed by atoms with van der Waals surface area (Å²) in [5, 5.41) is 83.2. The Morgan fingerprint density at radius 2 is 1.27 bits per heavy atom. The topological polar surface area (TPSA) is 197 Å². The van der Waals surface area contributed by atoms with Crippen LogP contribution in [0.1, 0.15) is 41.4 Å². The molecule has 2 aliphatic heterocycles. The minimum absolute atomic E-state index is 0.0397. The van der Waals surface area contributed by atoms with Gasteiger partial charge in [0, 0.05) is 53.3 Å². The summed E-state index contributed by atoms with van der Waals surface area (Å²) >= 11 is 0. The van der Waals surface area contributed by atoms with Crippen molar-refractivity contribution in [3.8, 4) is 51.7 Å². The molecule has 212 valence electrons. The fraction of sp³-hybridized carbons (Fsp3) is 0.233. The minimum atomic E-state index is -1.29. The highest BCUT2D eigenvalue weighted by Gasteiger charge is 2.36. The zero-order valence-corrected chi connectivity index (χ0v) is 21.6. The molecule has 2 aliphatic rings. The van der Waals surface area contributed by atoms with E-state index in [1.165, 1.54) is 30.3 Å². The van der Waals surface area contributed by atoms with E-state index in [0.717, 1.165) is 12.1 Å². The van der Waals surface area contributed by atoms with Crippen LogP contribution < -0.4 is 14.9 Å². The standard InChI is InChI=1S/C30H26O11/c1-11-2-17-19(33)5-13(31)7-24(17)40-29(11)12-3-15-16(9-22(36)28(39)26(15)27(38)21(35)4-12)30-23(37)10-18-20(34)6-14(32)8-25(18)41-30/h3-9,11,23,29-34,36-37,39H,2,10H2,1H3,(H,35,38)/t11-,23+,29?,30-/m1/s1. The molecule has 4 aromatic rings. The lowest BCUT2D eigenvalue weighted by Crippen LogP contribution is -2.30. The summed E-state index contributed by atoms with van der Waals surface area (Å²) < 4.78 is 12.1. The van der Waals surface area contributed by atoms with E-state index in [-0.39, 0.29) is 63.3 Å². The van der Waals surface area contributed by atoms with Gasteiger partial charge in [0.25, 0.3) is 0 Å². The maximum absolute atomic E-state index is 13.3. The van der Waals surface area contributed by atoms with E-state index >= 15 is 0 Å². The second-order valence-electron chi connectivity index (χ2n) is 10.5. The van der Waals surface area contributed by atoms with Crippen LogP contribution in [-0.4, -0.2) is 47.0 Å². The molecule has 0 aromatic heterocycles. The molecule has 0 bridgehead atoms. The number of benzene rings is 3. The smallest absolute Gasteiger partial charge is 0.231 e. The minimum Gasteiger partial charge on any atom is -0.508 e. The first-order chi connectivity index (χ1) is 19.4. The number of hydrogen-bond acceptors (Lipinski definition) is 11. The molecule has 1 unspecified atom stereocenters. The van der Waals surface area contributed by atoms with E-state index in [1.807, 2.05) is 6.92 Å². The van der Waals surface area contributed by atoms with Crippen LogP contribution in [0.2, 0.25) is 0 Å². The number of phenols is 6. The Hall–Kier alpha value is -5.03. The number of phenolic OH excluding ortho intramolecular Hbond substituents is 6. The molecular weight excluding hydrogens is 536 g/mol. The van der Waals surface area contributed by atoms with Crippen molar-refractivity contribution in [1.82, 2.24) is 0 Å². The van der Waals surface area contributed by atoms with Crippen LogP contribution in [0.5, 0.6) is 51.7 Å². The third-order valence-electron chi connectivity index (χ3n) is 7.72. The van der Waals surface area contributed by atoms with Gasteiger partial charge in [-0.15, -0.1) is 0 Å². The third-order valence-corrected chi connectivity index (χ3v) is 7.72. The summed E-state index contributed by atoms with van der Waals surface area (Å²) in [6.07, 6.45) is -3.07. The highest BCUT2D eigenvalue weighted by molar-refractivity contribution is 5.94. The van der Waals surface area contributed by atoms with Gasteiger partial charge in [-0.2, -0.15) is 0 Å². The highest BCUT2D eigenvalue weighted by atomic mass is 16.5. The van der Waals surface area contributed by atoms with Crippen LogP contribution in [0.25, 0.3) is 10.8 Å². The first-order valence-corrected chi connectivity index (χ1v) is 12.8. The molecule has 2 heterocycles. The SMILES string of the molecule is C[C@@H]1Cc2c(O)cc(O)cc2OC1c1cc(O)c(=O)c2c(O)c(O)cc([C@H]3Oc4cc(O)cc(O)c4C[C@@H]3O)c2c1.